The van der Waals surface area contributed by atoms with Crippen LogP contribution < -0.4 is 0 Å². The van der Waals surface area contributed by atoms with Crippen LogP contribution in [0.15, 0.2) is 11.5 Å². The number of amides is 1. The Morgan fingerprint density at radius 1 is 1.50 bits per heavy atom. The second-order valence-electron chi connectivity index (χ2n) is 3.60. The molecule has 1 atom stereocenters. The number of nitrogens with zero attached hydrogens (tertiary/aromatic N) is 1. The van der Waals surface area contributed by atoms with Crippen LogP contribution in [-0.4, -0.2) is 60.5 Å². The highest BCUT2D eigenvalue weighted by Gasteiger charge is 2.24. The van der Waals surface area contributed by atoms with Crippen LogP contribution in [0.3, 0.4) is 0 Å². The molecule has 0 spiro atoms. The van der Waals surface area contributed by atoms with Crippen molar-refractivity contribution < 1.29 is 24.5 Å². The number of allylic oxidation sites excluding steroid dienone is 1. The van der Waals surface area contributed by atoms with E-state index in [2.05, 4.69) is 0 Å². The van der Waals surface area contributed by atoms with Gasteiger partial charge in [-0.1, -0.05) is 0 Å². The normalized spacial score (nSPS) is 17.5. The number of ether oxygens (including phenoxy) is 2. The highest BCUT2D eigenvalue weighted by molar-refractivity contribution is 5.91. The average Bonchev–Trinajstić information content (AvgIpc) is 2.28. The summed E-state index contributed by atoms with van der Waals surface area (Å²) >= 11 is 0. The molecule has 16 heavy (non-hydrogen) atoms. The average molecular weight is 231 g/mol. The monoisotopic (exact) mass is 231 g/mol. The Kier molecular flexibility index (Phi) is 4.57. The summed E-state index contributed by atoms with van der Waals surface area (Å²) < 4.78 is 10.4. The van der Waals surface area contributed by atoms with Crippen molar-refractivity contribution in [2.24, 2.45) is 0 Å². The molecule has 1 aliphatic rings. The summed E-state index contributed by atoms with van der Waals surface area (Å²) in [6, 6.07) is 0. The van der Waals surface area contributed by atoms with Crippen molar-refractivity contribution in [2.45, 2.75) is 13.0 Å². The van der Waals surface area contributed by atoms with E-state index in [1.165, 1.54) is 11.9 Å². The van der Waals surface area contributed by atoms with E-state index < -0.39 is 6.10 Å². The molecule has 6 nitrogen and oxygen atoms in total. The van der Waals surface area contributed by atoms with Gasteiger partial charge >= 0.3 is 0 Å². The number of likely N-dealkylation sites (N-methyl/N-ethyl adjacent to an activating group) is 1. The lowest BCUT2D eigenvalue weighted by molar-refractivity contribution is -0.133. The van der Waals surface area contributed by atoms with Crippen LogP contribution in [0, 0.1) is 0 Å². The molecule has 92 valence electrons. The second-order valence-corrected chi connectivity index (χ2v) is 3.60. The number of hydrogen-bond donors (Lipinski definition) is 2. The van der Waals surface area contributed by atoms with Crippen LogP contribution in [0.25, 0.3) is 0 Å². The highest BCUT2D eigenvalue weighted by Crippen LogP contribution is 2.15. The maximum absolute atomic E-state index is 11.8. The van der Waals surface area contributed by atoms with E-state index in [-0.39, 0.29) is 24.8 Å². The highest BCUT2D eigenvalue weighted by atomic mass is 16.6. The third-order valence-corrected chi connectivity index (χ3v) is 2.20. The van der Waals surface area contributed by atoms with Crippen LogP contribution in [0.1, 0.15) is 6.92 Å². The summed E-state index contributed by atoms with van der Waals surface area (Å²) in [5.41, 5.74) is 0. The third kappa shape index (κ3) is 3.11. The van der Waals surface area contributed by atoms with Crippen molar-refractivity contribution in [3.05, 3.63) is 11.5 Å². The van der Waals surface area contributed by atoms with E-state index in [0.29, 0.717) is 19.0 Å². The first-order valence-corrected chi connectivity index (χ1v) is 5.07. The molecule has 0 fully saturated rings. The van der Waals surface area contributed by atoms with Crippen molar-refractivity contribution in [3.8, 4) is 0 Å². The molecule has 0 saturated carbocycles. The fourth-order valence-corrected chi connectivity index (χ4v) is 1.35. The molecule has 0 saturated heterocycles. The molecule has 0 aromatic carbocycles. The number of rotatable bonds is 4. The minimum Gasteiger partial charge on any atom is -0.491 e. The number of aliphatic hydroxyl groups is 2. The Labute approximate surface area is 94.1 Å². The summed E-state index contributed by atoms with van der Waals surface area (Å²) in [6.45, 7) is 2.10. The molecular formula is C10H17NO5. The molecule has 0 aromatic heterocycles. The lowest BCUT2D eigenvalue weighted by atomic mass is 10.3. The van der Waals surface area contributed by atoms with E-state index in [0.717, 1.165) is 0 Å². The summed E-state index contributed by atoms with van der Waals surface area (Å²) in [7, 11) is 1.53. The van der Waals surface area contributed by atoms with Crippen LogP contribution in [0.2, 0.25) is 0 Å². The Balaban J connectivity index is 2.62. The molecule has 2 N–H and O–H groups in total. The van der Waals surface area contributed by atoms with Gasteiger partial charge in [-0.05, 0) is 6.92 Å². The minimum absolute atomic E-state index is 0.0511. The Bertz CT molecular complexity index is 289. The van der Waals surface area contributed by atoms with Crippen LogP contribution in [0.5, 0.6) is 0 Å². The van der Waals surface area contributed by atoms with E-state index in [1.54, 1.807) is 6.92 Å². The van der Waals surface area contributed by atoms with Gasteiger partial charge in [0.2, 0.25) is 5.76 Å². The minimum atomic E-state index is -0.945. The van der Waals surface area contributed by atoms with Crippen molar-refractivity contribution in [1.82, 2.24) is 4.90 Å². The lowest BCUT2D eigenvalue weighted by Gasteiger charge is -2.24. The zero-order valence-electron chi connectivity index (χ0n) is 9.47. The van der Waals surface area contributed by atoms with E-state index in [1.807, 2.05) is 0 Å². The molecule has 0 bridgehead atoms. The van der Waals surface area contributed by atoms with Gasteiger partial charge in [0.25, 0.3) is 5.91 Å². The van der Waals surface area contributed by atoms with Crippen molar-refractivity contribution in [2.75, 3.05) is 33.4 Å². The smallest absolute Gasteiger partial charge is 0.292 e. The van der Waals surface area contributed by atoms with E-state index in [4.69, 9.17) is 14.6 Å². The van der Waals surface area contributed by atoms with Gasteiger partial charge in [0.1, 0.15) is 19.0 Å². The summed E-state index contributed by atoms with van der Waals surface area (Å²) in [5.74, 6) is 0.255. The third-order valence-electron chi connectivity index (χ3n) is 2.20. The molecule has 1 unspecified atom stereocenters. The first kappa shape index (κ1) is 12.8. The Morgan fingerprint density at radius 3 is 2.69 bits per heavy atom. The van der Waals surface area contributed by atoms with Gasteiger partial charge in [0.15, 0.2) is 0 Å². The van der Waals surface area contributed by atoms with Crippen LogP contribution in [0.4, 0.5) is 0 Å². The molecule has 0 radical (unpaired) electrons. The van der Waals surface area contributed by atoms with Gasteiger partial charge in [-0.25, -0.2) is 0 Å². The van der Waals surface area contributed by atoms with Crippen LogP contribution in [-0.2, 0) is 14.3 Å². The number of aliphatic hydroxyl groups excluding tert-OH is 2. The Morgan fingerprint density at radius 2 is 2.12 bits per heavy atom. The quantitative estimate of drug-likeness (QED) is 0.654. The molecule has 1 aliphatic heterocycles. The zero-order valence-corrected chi connectivity index (χ0v) is 9.47. The number of hydrogen-bond acceptors (Lipinski definition) is 5. The van der Waals surface area contributed by atoms with Gasteiger partial charge in [0, 0.05) is 13.6 Å². The maximum Gasteiger partial charge on any atom is 0.292 e. The predicted molar refractivity (Wildman–Crippen MR) is 55.3 cm³/mol. The van der Waals surface area contributed by atoms with Crippen molar-refractivity contribution >= 4 is 5.91 Å². The molecule has 6 heteroatoms. The molecule has 0 aromatic rings. The standard InChI is InChI=1S/C10H17NO5/c1-7-9(16-4-3-15-7)10(14)11(2)5-8(13)6-12/h8,12-13H,3-6H2,1-2H3. The predicted octanol–water partition coefficient (Wildman–Crippen LogP) is -0.924. The van der Waals surface area contributed by atoms with Gasteiger partial charge in [-0.15, -0.1) is 0 Å². The molecule has 0 aliphatic carbocycles. The molecule has 1 heterocycles. The summed E-state index contributed by atoms with van der Waals surface area (Å²) in [6.07, 6.45) is -0.945. The van der Waals surface area contributed by atoms with E-state index >= 15 is 0 Å². The SMILES string of the molecule is CC1=C(C(=O)N(C)CC(O)CO)OCCO1. The molecule has 1 rings (SSSR count). The largest absolute Gasteiger partial charge is 0.491 e. The fourth-order valence-electron chi connectivity index (χ4n) is 1.35. The Hall–Kier alpha value is -1.27. The topological polar surface area (TPSA) is 79.2 Å². The van der Waals surface area contributed by atoms with Crippen LogP contribution >= 0.6 is 0 Å². The lowest BCUT2D eigenvalue weighted by Crippen LogP contribution is -2.38. The fraction of sp³-hybridized carbons (Fsp3) is 0.700. The second kappa shape index (κ2) is 5.72. The number of carbonyl (C=O) groups excluding carboxylic acids is 1. The van der Waals surface area contributed by atoms with Gasteiger partial charge in [-0.2, -0.15) is 0 Å². The first-order chi connectivity index (χ1) is 7.56. The van der Waals surface area contributed by atoms with E-state index in [9.17, 15) is 9.90 Å². The zero-order chi connectivity index (χ0) is 12.1. The maximum atomic E-state index is 11.8. The van der Waals surface area contributed by atoms with Crippen molar-refractivity contribution in [1.29, 1.82) is 0 Å². The summed E-state index contributed by atoms with van der Waals surface area (Å²) in [5, 5.41) is 17.9. The van der Waals surface area contributed by atoms with Gasteiger partial charge in [0.05, 0.1) is 12.7 Å². The number of carbonyl (C=O) groups is 1. The first-order valence-electron chi connectivity index (χ1n) is 5.07. The van der Waals surface area contributed by atoms with Gasteiger partial charge < -0.3 is 24.6 Å². The molecular weight excluding hydrogens is 214 g/mol. The van der Waals surface area contributed by atoms with Gasteiger partial charge in [-0.3, -0.25) is 4.79 Å². The van der Waals surface area contributed by atoms with Crippen molar-refractivity contribution in [3.63, 3.8) is 0 Å². The summed E-state index contributed by atoms with van der Waals surface area (Å²) in [4.78, 5) is 13.1. The molecule has 1 amide bonds.